The summed E-state index contributed by atoms with van der Waals surface area (Å²) >= 11 is 0. The monoisotopic (exact) mass is 727 g/mol. The van der Waals surface area contributed by atoms with Gasteiger partial charge in [-0.25, -0.2) is 4.79 Å². The van der Waals surface area contributed by atoms with E-state index in [4.69, 9.17) is 9.47 Å². The topological polar surface area (TPSA) is 120 Å². The molecular formula is C45H49N3O6. The van der Waals surface area contributed by atoms with Crippen LogP contribution >= 0.6 is 0 Å². The zero-order chi connectivity index (χ0) is 38.0. The number of likely N-dealkylation sites (N-methyl/N-ethyl adjacent to an activating group) is 1. The minimum absolute atomic E-state index is 0.0680. The largest absolute Gasteiger partial charge is 0.392 e. The van der Waals surface area contributed by atoms with E-state index in [1.807, 2.05) is 135 Å². The van der Waals surface area contributed by atoms with Crippen LogP contribution in [0.2, 0.25) is 0 Å². The van der Waals surface area contributed by atoms with Crippen molar-refractivity contribution in [3.63, 3.8) is 0 Å². The first-order chi connectivity index (χ1) is 26.2. The summed E-state index contributed by atoms with van der Waals surface area (Å²) in [6.07, 6.45) is -1.98. The molecule has 1 saturated heterocycles. The molecule has 5 aromatic rings. The normalized spacial score (nSPS) is 20.1. The van der Waals surface area contributed by atoms with Crippen LogP contribution in [0.25, 0.3) is 0 Å². The summed E-state index contributed by atoms with van der Waals surface area (Å²) in [4.78, 5) is 27.8. The van der Waals surface area contributed by atoms with Crippen molar-refractivity contribution < 1.29 is 29.3 Å². The Labute approximate surface area is 317 Å². The smallest absolute Gasteiger partial charge is 0.319 e. The predicted molar refractivity (Wildman–Crippen MR) is 210 cm³/mol. The fourth-order valence-electron chi connectivity index (χ4n) is 7.02. The van der Waals surface area contributed by atoms with E-state index in [2.05, 4.69) is 27.7 Å². The highest BCUT2D eigenvalue weighted by Gasteiger charge is 2.43. The number of amides is 2. The SMILES string of the molecule is CC(=O)[C@@H](Cc1ccccc1)NC(=O)Nc1cccc(C2O[C@H](CN(C)[C@@H](C)[C@H](O)c3ccccc3)[C@@H](c3ccccc3)[C@H](c3ccc(CO)cc3)O2)c1. The lowest BCUT2D eigenvalue weighted by atomic mass is 9.83. The second-order valence-corrected chi connectivity index (χ2v) is 14.0. The number of ketones is 1. The van der Waals surface area contributed by atoms with Gasteiger partial charge in [0.05, 0.1) is 31.0 Å². The first kappa shape index (κ1) is 38.6. The number of Topliss-reactive ketones (excluding diaryl/α,β-unsaturated/α-hetero) is 1. The number of carbonyl (C=O) groups excluding carboxylic acids is 2. The minimum atomic E-state index is -0.812. The summed E-state index contributed by atoms with van der Waals surface area (Å²) in [6.45, 7) is 3.89. The molecule has 0 aromatic heterocycles. The number of hydrogen-bond donors (Lipinski definition) is 4. The molecular weight excluding hydrogens is 679 g/mol. The highest BCUT2D eigenvalue weighted by Crippen LogP contribution is 2.47. The Balaban J connectivity index is 1.28. The molecule has 1 aliphatic heterocycles. The van der Waals surface area contributed by atoms with Gasteiger partial charge in [0.25, 0.3) is 0 Å². The Hall–Kier alpha value is -5.16. The van der Waals surface area contributed by atoms with Gasteiger partial charge >= 0.3 is 6.03 Å². The Bertz CT molecular complexity index is 1940. The summed E-state index contributed by atoms with van der Waals surface area (Å²) in [6, 6.07) is 43.1. The molecule has 0 bridgehead atoms. The molecule has 1 unspecified atom stereocenters. The highest BCUT2D eigenvalue weighted by atomic mass is 16.7. The van der Waals surface area contributed by atoms with E-state index in [9.17, 15) is 19.8 Å². The quantitative estimate of drug-likeness (QED) is 0.0936. The van der Waals surface area contributed by atoms with E-state index in [1.165, 1.54) is 6.92 Å². The number of nitrogens with one attached hydrogen (secondary N) is 2. The van der Waals surface area contributed by atoms with Gasteiger partial charge in [-0.1, -0.05) is 127 Å². The maximum atomic E-state index is 13.2. The van der Waals surface area contributed by atoms with Crippen LogP contribution in [0.1, 0.15) is 71.6 Å². The zero-order valence-corrected chi connectivity index (χ0v) is 30.9. The van der Waals surface area contributed by atoms with Crippen molar-refractivity contribution in [2.75, 3.05) is 18.9 Å². The van der Waals surface area contributed by atoms with Crippen LogP contribution in [-0.2, 0) is 27.3 Å². The third kappa shape index (κ3) is 9.68. The van der Waals surface area contributed by atoms with Crippen molar-refractivity contribution in [1.82, 2.24) is 10.2 Å². The molecule has 9 heteroatoms. The number of nitrogens with zero attached hydrogens (tertiary/aromatic N) is 1. The van der Waals surface area contributed by atoms with E-state index in [1.54, 1.807) is 6.07 Å². The van der Waals surface area contributed by atoms with Crippen molar-refractivity contribution >= 4 is 17.5 Å². The number of rotatable bonds is 14. The molecule has 280 valence electrons. The Morgan fingerprint density at radius 1 is 0.759 bits per heavy atom. The molecule has 2 amide bonds. The number of anilines is 1. The Kier molecular flexibility index (Phi) is 13.0. The van der Waals surface area contributed by atoms with Gasteiger partial charge < -0.3 is 30.3 Å². The van der Waals surface area contributed by atoms with Crippen LogP contribution in [0.15, 0.2) is 140 Å². The van der Waals surface area contributed by atoms with E-state index in [0.717, 1.165) is 27.8 Å². The first-order valence-corrected chi connectivity index (χ1v) is 18.4. The molecule has 0 radical (unpaired) electrons. The fourth-order valence-corrected chi connectivity index (χ4v) is 7.02. The van der Waals surface area contributed by atoms with Gasteiger partial charge in [0.15, 0.2) is 12.1 Å². The van der Waals surface area contributed by atoms with Crippen LogP contribution < -0.4 is 10.6 Å². The standard InChI is InChI=1S/C45H49N3O6/c1-30(42(51)35-18-11-6-12-19-35)48(3)28-40-41(34-16-9-5-10-17-34)43(36-24-22-33(29-49)23-25-36)54-44(53-40)37-20-13-21-38(27-37)46-45(52)47-39(31(2)50)26-32-14-7-4-8-15-32/h4-25,27,30,39-44,49,51H,26,28-29H2,1-3H3,(H2,46,47,52)/t30-,39+,40+,41+,42-,43-,44?/m0/s1. The van der Waals surface area contributed by atoms with Crippen LogP contribution in [0.5, 0.6) is 0 Å². The lowest BCUT2D eigenvalue weighted by Crippen LogP contribution is -2.46. The zero-order valence-electron chi connectivity index (χ0n) is 30.9. The van der Waals surface area contributed by atoms with E-state index < -0.39 is 36.7 Å². The van der Waals surface area contributed by atoms with Gasteiger partial charge in [-0.3, -0.25) is 9.69 Å². The molecule has 0 aliphatic carbocycles. The molecule has 6 rings (SSSR count). The Morgan fingerprint density at radius 3 is 2.04 bits per heavy atom. The van der Waals surface area contributed by atoms with E-state index in [-0.39, 0.29) is 24.3 Å². The van der Waals surface area contributed by atoms with Gasteiger partial charge in [-0.05, 0) is 67.3 Å². The number of benzene rings is 5. The number of urea groups is 1. The Morgan fingerprint density at radius 2 is 1.39 bits per heavy atom. The fraction of sp³-hybridized carbons (Fsp3) is 0.289. The summed E-state index contributed by atoms with van der Waals surface area (Å²) in [5.74, 6) is -0.370. The molecule has 4 N–H and O–H groups in total. The molecule has 1 fully saturated rings. The van der Waals surface area contributed by atoms with Crippen molar-refractivity contribution in [3.05, 3.63) is 173 Å². The maximum Gasteiger partial charge on any atom is 0.319 e. The van der Waals surface area contributed by atoms with E-state index in [0.29, 0.717) is 24.2 Å². The molecule has 1 heterocycles. The minimum Gasteiger partial charge on any atom is -0.392 e. The van der Waals surface area contributed by atoms with Crippen molar-refractivity contribution in [3.8, 4) is 0 Å². The molecule has 9 nitrogen and oxygen atoms in total. The van der Waals surface area contributed by atoms with Gasteiger partial charge in [0.1, 0.15) is 0 Å². The third-order valence-corrected chi connectivity index (χ3v) is 10.2. The maximum absolute atomic E-state index is 13.2. The molecule has 7 atom stereocenters. The molecule has 0 spiro atoms. The lowest BCUT2D eigenvalue weighted by Gasteiger charge is -2.45. The van der Waals surface area contributed by atoms with Crippen LogP contribution in [-0.4, -0.2) is 58.7 Å². The summed E-state index contributed by atoms with van der Waals surface area (Å²) < 4.78 is 13.8. The predicted octanol–water partition coefficient (Wildman–Crippen LogP) is 7.49. The number of aliphatic hydroxyl groups is 2. The number of aliphatic hydroxyl groups excluding tert-OH is 2. The third-order valence-electron chi connectivity index (χ3n) is 10.2. The second-order valence-electron chi connectivity index (χ2n) is 14.0. The molecule has 1 aliphatic rings. The summed E-state index contributed by atoms with van der Waals surface area (Å²) in [5.41, 5.74) is 5.78. The van der Waals surface area contributed by atoms with Crippen molar-refractivity contribution in [1.29, 1.82) is 0 Å². The lowest BCUT2D eigenvalue weighted by molar-refractivity contribution is -0.264. The van der Waals surface area contributed by atoms with Gasteiger partial charge in [-0.15, -0.1) is 0 Å². The number of carbonyl (C=O) groups is 2. The highest BCUT2D eigenvalue weighted by molar-refractivity contribution is 5.93. The average molecular weight is 728 g/mol. The summed E-state index contributed by atoms with van der Waals surface area (Å²) in [7, 11) is 1.99. The number of ether oxygens (including phenoxy) is 2. The van der Waals surface area contributed by atoms with Crippen molar-refractivity contribution in [2.45, 2.75) is 69.5 Å². The van der Waals surface area contributed by atoms with E-state index >= 15 is 0 Å². The molecule has 5 aromatic carbocycles. The van der Waals surface area contributed by atoms with Crippen molar-refractivity contribution in [2.24, 2.45) is 0 Å². The average Bonchev–Trinajstić information content (AvgIpc) is 3.20. The first-order valence-electron chi connectivity index (χ1n) is 18.4. The second kappa shape index (κ2) is 18.2. The van der Waals surface area contributed by atoms with Crippen LogP contribution in [0, 0.1) is 0 Å². The summed E-state index contributed by atoms with van der Waals surface area (Å²) in [5, 5.41) is 26.9. The van der Waals surface area contributed by atoms with Gasteiger partial charge in [0.2, 0.25) is 0 Å². The molecule has 0 saturated carbocycles. The number of hydrogen-bond acceptors (Lipinski definition) is 7. The molecule has 54 heavy (non-hydrogen) atoms. The van der Waals surface area contributed by atoms with Gasteiger partial charge in [-0.2, -0.15) is 0 Å². The van der Waals surface area contributed by atoms with Gasteiger partial charge in [0, 0.05) is 29.8 Å². The van der Waals surface area contributed by atoms with Crippen LogP contribution in [0.3, 0.4) is 0 Å². The van der Waals surface area contributed by atoms with Crippen LogP contribution in [0.4, 0.5) is 10.5 Å².